The molecule has 1 heterocycles. The number of hydrogen-bond donors (Lipinski definition) is 1. The van der Waals surface area contributed by atoms with Crippen LogP contribution in [0.5, 0.6) is 0 Å². The zero-order valence-electron chi connectivity index (χ0n) is 6.19. The van der Waals surface area contributed by atoms with E-state index in [0.717, 1.165) is 0 Å². The highest BCUT2D eigenvalue weighted by molar-refractivity contribution is 14.1. The SMILES string of the molecule is Cc1cccc2[nH]c(I)cc12. The lowest BCUT2D eigenvalue weighted by Crippen LogP contribution is -1.71. The van der Waals surface area contributed by atoms with Gasteiger partial charge in [-0.1, -0.05) is 12.1 Å². The second-order valence-electron chi connectivity index (χ2n) is 2.65. The van der Waals surface area contributed by atoms with E-state index in [0.29, 0.717) is 0 Å². The summed E-state index contributed by atoms with van der Waals surface area (Å²) in [6.45, 7) is 2.13. The van der Waals surface area contributed by atoms with Gasteiger partial charge in [-0.15, -0.1) is 0 Å². The molecule has 0 fully saturated rings. The van der Waals surface area contributed by atoms with Gasteiger partial charge in [0.15, 0.2) is 0 Å². The Bertz CT molecular complexity index is 389. The number of halogens is 1. The fourth-order valence-corrected chi connectivity index (χ4v) is 1.87. The van der Waals surface area contributed by atoms with Gasteiger partial charge in [0.25, 0.3) is 0 Å². The van der Waals surface area contributed by atoms with Crippen LogP contribution in [-0.2, 0) is 0 Å². The normalized spacial score (nSPS) is 10.7. The zero-order valence-corrected chi connectivity index (χ0v) is 8.34. The molecule has 0 spiro atoms. The monoisotopic (exact) mass is 257 g/mol. The predicted molar refractivity (Wildman–Crippen MR) is 55.8 cm³/mol. The molecule has 0 saturated carbocycles. The number of benzene rings is 1. The molecule has 2 aromatic rings. The number of aromatic amines is 1. The second-order valence-corrected chi connectivity index (χ2v) is 3.82. The molecule has 0 aliphatic carbocycles. The first-order valence-corrected chi connectivity index (χ1v) is 4.59. The fourth-order valence-electron chi connectivity index (χ4n) is 1.27. The van der Waals surface area contributed by atoms with E-state index in [1.165, 1.54) is 20.2 Å². The summed E-state index contributed by atoms with van der Waals surface area (Å²) in [6, 6.07) is 8.48. The standard InChI is InChI=1S/C9H8IN/c1-6-3-2-4-8-7(6)5-9(10)11-8/h2-5,11H,1H3. The van der Waals surface area contributed by atoms with Crippen LogP contribution in [0.15, 0.2) is 24.3 Å². The van der Waals surface area contributed by atoms with Crippen molar-refractivity contribution >= 4 is 33.5 Å². The molecule has 1 nitrogen and oxygen atoms in total. The first-order chi connectivity index (χ1) is 5.27. The van der Waals surface area contributed by atoms with Crippen LogP contribution < -0.4 is 0 Å². The van der Waals surface area contributed by atoms with Crippen molar-refractivity contribution in [2.45, 2.75) is 6.92 Å². The summed E-state index contributed by atoms with van der Waals surface area (Å²) in [7, 11) is 0. The van der Waals surface area contributed by atoms with Gasteiger partial charge in [-0.25, -0.2) is 0 Å². The van der Waals surface area contributed by atoms with E-state index in [1.54, 1.807) is 0 Å². The molecule has 0 unspecified atom stereocenters. The van der Waals surface area contributed by atoms with Crippen molar-refractivity contribution in [2.24, 2.45) is 0 Å². The van der Waals surface area contributed by atoms with Gasteiger partial charge in [-0.3, -0.25) is 0 Å². The molecule has 0 atom stereocenters. The van der Waals surface area contributed by atoms with E-state index in [2.05, 4.69) is 58.8 Å². The molecule has 0 bridgehead atoms. The summed E-state index contributed by atoms with van der Waals surface area (Å²) < 4.78 is 1.20. The highest BCUT2D eigenvalue weighted by Crippen LogP contribution is 2.19. The van der Waals surface area contributed by atoms with E-state index < -0.39 is 0 Å². The highest BCUT2D eigenvalue weighted by atomic mass is 127. The van der Waals surface area contributed by atoms with Crippen molar-refractivity contribution in [2.75, 3.05) is 0 Å². The van der Waals surface area contributed by atoms with Crippen LogP contribution in [0.4, 0.5) is 0 Å². The van der Waals surface area contributed by atoms with Crippen molar-refractivity contribution in [1.82, 2.24) is 4.98 Å². The lowest BCUT2D eigenvalue weighted by Gasteiger charge is -1.92. The molecule has 0 amide bonds. The average Bonchev–Trinajstić information content (AvgIpc) is 2.31. The van der Waals surface area contributed by atoms with Crippen LogP contribution in [0.1, 0.15) is 5.56 Å². The zero-order chi connectivity index (χ0) is 7.84. The van der Waals surface area contributed by atoms with Crippen molar-refractivity contribution in [1.29, 1.82) is 0 Å². The first kappa shape index (κ1) is 7.16. The molecular weight excluding hydrogens is 249 g/mol. The maximum absolute atomic E-state index is 3.29. The number of aromatic nitrogens is 1. The van der Waals surface area contributed by atoms with Crippen LogP contribution in [-0.4, -0.2) is 4.98 Å². The molecule has 2 heteroatoms. The number of rotatable bonds is 0. The summed E-state index contributed by atoms with van der Waals surface area (Å²) in [5.74, 6) is 0. The van der Waals surface area contributed by atoms with Gasteiger partial charge in [-0.05, 0) is 47.2 Å². The molecule has 1 aromatic carbocycles. The van der Waals surface area contributed by atoms with Crippen LogP contribution >= 0.6 is 22.6 Å². The minimum Gasteiger partial charge on any atom is -0.350 e. The molecule has 2 rings (SSSR count). The lowest BCUT2D eigenvalue weighted by molar-refractivity contribution is 1.41. The molecular formula is C9H8IN. The van der Waals surface area contributed by atoms with Crippen molar-refractivity contribution in [3.8, 4) is 0 Å². The van der Waals surface area contributed by atoms with E-state index in [-0.39, 0.29) is 0 Å². The molecule has 1 aromatic heterocycles. The van der Waals surface area contributed by atoms with Gasteiger partial charge in [0.2, 0.25) is 0 Å². The Morgan fingerprint density at radius 1 is 1.36 bits per heavy atom. The topological polar surface area (TPSA) is 15.8 Å². The third-order valence-corrected chi connectivity index (χ3v) is 2.43. The number of hydrogen-bond acceptors (Lipinski definition) is 0. The highest BCUT2D eigenvalue weighted by Gasteiger charge is 1.98. The van der Waals surface area contributed by atoms with Crippen LogP contribution in [0.25, 0.3) is 10.9 Å². The third-order valence-electron chi connectivity index (χ3n) is 1.85. The van der Waals surface area contributed by atoms with Crippen LogP contribution in [0.3, 0.4) is 0 Å². The number of H-pyrrole nitrogens is 1. The summed E-state index contributed by atoms with van der Waals surface area (Å²) in [5, 5.41) is 1.33. The summed E-state index contributed by atoms with van der Waals surface area (Å²) in [6.07, 6.45) is 0. The Morgan fingerprint density at radius 3 is 2.91 bits per heavy atom. The van der Waals surface area contributed by atoms with Crippen molar-refractivity contribution < 1.29 is 0 Å². The maximum atomic E-state index is 3.29. The van der Waals surface area contributed by atoms with E-state index in [4.69, 9.17) is 0 Å². The van der Waals surface area contributed by atoms with E-state index in [1.807, 2.05) is 0 Å². The molecule has 56 valence electrons. The lowest BCUT2D eigenvalue weighted by atomic mass is 10.1. The van der Waals surface area contributed by atoms with Crippen LogP contribution in [0, 0.1) is 10.6 Å². The Morgan fingerprint density at radius 2 is 2.18 bits per heavy atom. The second kappa shape index (κ2) is 2.52. The summed E-state index contributed by atoms with van der Waals surface area (Å²) in [5.41, 5.74) is 2.57. The fraction of sp³-hybridized carbons (Fsp3) is 0.111. The largest absolute Gasteiger partial charge is 0.350 e. The van der Waals surface area contributed by atoms with Gasteiger partial charge >= 0.3 is 0 Å². The number of nitrogens with one attached hydrogen (secondary N) is 1. The molecule has 0 saturated heterocycles. The smallest absolute Gasteiger partial charge is 0.0782 e. The molecule has 1 N–H and O–H groups in total. The Hall–Kier alpha value is -0.510. The van der Waals surface area contributed by atoms with Crippen molar-refractivity contribution in [3.63, 3.8) is 0 Å². The number of aryl methyl sites for hydroxylation is 1. The van der Waals surface area contributed by atoms with Crippen molar-refractivity contribution in [3.05, 3.63) is 33.5 Å². The Labute approximate surface area is 78.9 Å². The molecule has 11 heavy (non-hydrogen) atoms. The minimum absolute atomic E-state index is 1.20. The molecule has 0 aliphatic rings. The van der Waals surface area contributed by atoms with Gasteiger partial charge in [0.1, 0.15) is 0 Å². The quantitative estimate of drug-likeness (QED) is 0.698. The van der Waals surface area contributed by atoms with Gasteiger partial charge in [0, 0.05) is 10.9 Å². The first-order valence-electron chi connectivity index (χ1n) is 3.51. The Balaban J connectivity index is 2.90. The van der Waals surface area contributed by atoms with E-state index in [9.17, 15) is 0 Å². The molecule has 0 aliphatic heterocycles. The van der Waals surface area contributed by atoms with Gasteiger partial charge in [0.05, 0.1) is 3.70 Å². The summed E-state index contributed by atoms with van der Waals surface area (Å²) >= 11 is 2.29. The van der Waals surface area contributed by atoms with E-state index >= 15 is 0 Å². The average molecular weight is 257 g/mol. The van der Waals surface area contributed by atoms with Gasteiger partial charge in [-0.2, -0.15) is 0 Å². The predicted octanol–water partition coefficient (Wildman–Crippen LogP) is 3.08. The van der Waals surface area contributed by atoms with Crippen LogP contribution in [0.2, 0.25) is 0 Å². The Kier molecular flexibility index (Phi) is 1.64. The molecule has 0 radical (unpaired) electrons. The third kappa shape index (κ3) is 1.15. The minimum atomic E-state index is 1.20. The number of fused-ring (bicyclic) bond motifs is 1. The van der Waals surface area contributed by atoms with Gasteiger partial charge < -0.3 is 4.98 Å². The summed E-state index contributed by atoms with van der Waals surface area (Å²) in [4.78, 5) is 3.29. The maximum Gasteiger partial charge on any atom is 0.0782 e.